The first-order valence-electron chi connectivity index (χ1n) is 7.30. The van der Waals surface area contributed by atoms with E-state index >= 15 is 0 Å². The summed E-state index contributed by atoms with van der Waals surface area (Å²) in [6.45, 7) is 5.83. The van der Waals surface area contributed by atoms with E-state index in [0.717, 1.165) is 22.4 Å². The van der Waals surface area contributed by atoms with Crippen molar-refractivity contribution in [3.63, 3.8) is 0 Å². The van der Waals surface area contributed by atoms with E-state index in [-0.39, 0.29) is 5.91 Å². The third-order valence-corrected chi connectivity index (χ3v) is 3.57. The molecule has 0 bridgehead atoms. The molecule has 0 heterocycles. The fourth-order valence-corrected chi connectivity index (χ4v) is 2.32. The summed E-state index contributed by atoms with van der Waals surface area (Å²) in [7, 11) is 1.63. The molecule has 0 radical (unpaired) electrons. The predicted molar refractivity (Wildman–Crippen MR) is 90.1 cm³/mol. The van der Waals surface area contributed by atoms with Crippen molar-refractivity contribution >= 4 is 11.5 Å². The Morgan fingerprint density at radius 3 is 2.36 bits per heavy atom. The van der Waals surface area contributed by atoms with Gasteiger partial charge in [0.05, 0.1) is 0 Å². The van der Waals surface area contributed by atoms with Gasteiger partial charge in [-0.2, -0.15) is 0 Å². The van der Waals surface area contributed by atoms with E-state index in [1.807, 2.05) is 63.2 Å². The van der Waals surface area contributed by atoms with Gasteiger partial charge in [-0.05, 0) is 38.0 Å². The molecular formula is C19H21NO2. The maximum absolute atomic E-state index is 12.1. The van der Waals surface area contributed by atoms with Crippen molar-refractivity contribution in [1.82, 2.24) is 5.32 Å². The fourth-order valence-electron chi connectivity index (χ4n) is 2.32. The van der Waals surface area contributed by atoms with Crippen LogP contribution in [0.25, 0.3) is 5.57 Å². The van der Waals surface area contributed by atoms with E-state index in [0.29, 0.717) is 11.3 Å². The van der Waals surface area contributed by atoms with Gasteiger partial charge in [-0.15, -0.1) is 0 Å². The average molecular weight is 295 g/mol. The van der Waals surface area contributed by atoms with Crippen LogP contribution in [0.4, 0.5) is 0 Å². The summed E-state index contributed by atoms with van der Waals surface area (Å²) < 4.78 is 6.13. The number of likely N-dealkylation sites (N-methyl/N-ethyl adjacent to an activating group) is 1. The number of benzene rings is 2. The van der Waals surface area contributed by atoms with Gasteiger partial charge >= 0.3 is 0 Å². The molecular weight excluding hydrogens is 274 g/mol. The Morgan fingerprint density at radius 1 is 1.05 bits per heavy atom. The molecule has 3 heteroatoms. The fraction of sp³-hybridized carbons (Fsp3) is 0.211. The quantitative estimate of drug-likeness (QED) is 0.857. The minimum Gasteiger partial charge on any atom is -0.456 e. The Morgan fingerprint density at radius 2 is 1.73 bits per heavy atom. The van der Waals surface area contributed by atoms with Crippen molar-refractivity contribution in [3.8, 4) is 11.5 Å². The third kappa shape index (κ3) is 3.19. The van der Waals surface area contributed by atoms with Gasteiger partial charge in [0, 0.05) is 18.2 Å². The molecule has 2 rings (SSSR count). The summed E-state index contributed by atoms with van der Waals surface area (Å²) in [6, 6.07) is 13.7. The second-order valence-electron chi connectivity index (χ2n) is 5.10. The standard InChI is InChI=1S/C19H21NO2/c1-5-15(19(21)20-4)16-11-8-10-14(3)18(16)22-17-12-7-6-9-13(17)2/h5-12H,1-4H3,(H,20,21). The molecule has 0 unspecified atom stereocenters. The molecule has 2 aromatic carbocycles. The third-order valence-electron chi connectivity index (χ3n) is 3.57. The number of ether oxygens (including phenoxy) is 1. The normalized spacial score (nSPS) is 11.2. The van der Waals surface area contributed by atoms with E-state index in [1.165, 1.54) is 0 Å². The van der Waals surface area contributed by atoms with Crippen molar-refractivity contribution < 1.29 is 9.53 Å². The molecule has 0 aromatic heterocycles. The minimum absolute atomic E-state index is 0.122. The number of rotatable bonds is 4. The number of amides is 1. The summed E-state index contributed by atoms with van der Waals surface area (Å²) in [5.74, 6) is 1.39. The summed E-state index contributed by atoms with van der Waals surface area (Å²) >= 11 is 0. The average Bonchev–Trinajstić information content (AvgIpc) is 2.52. The second kappa shape index (κ2) is 6.94. The topological polar surface area (TPSA) is 38.3 Å². The zero-order valence-electron chi connectivity index (χ0n) is 13.4. The lowest BCUT2D eigenvalue weighted by molar-refractivity contribution is -0.115. The van der Waals surface area contributed by atoms with Crippen molar-refractivity contribution in [2.24, 2.45) is 0 Å². The highest BCUT2D eigenvalue weighted by Crippen LogP contribution is 2.34. The number of hydrogen-bond donors (Lipinski definition) is 1. The molecule has 22 heavy (non-hydrogen) atoms. The first kappa shape index (κ1) is 15.8. The first-order chi connectivity index (χ1) is 10.6. The Kier molecular flexibility index (Phi) is 4.99. The van der Waals surface area contributed by atoms with E-state index in [1.54, 1.807) is 13.1 Å². The largest absolute Gasteiger partial charge is 0.456 e. The maximum Gasteiger partial charge on any atom is 0.251 e. The van der Waals surface area contributed by atoms with Gasteiger partial charge in [-0.1, -0.05) is 42.5 Å². The van der Waals surface area contributed by atoms with Crippen molar-refractivity contribution in [1.29, 1.82) is 0 Å². The highest BCUT2D eigenvalue weighted by Gasteiger charge is 2.17. The zero-order valence-corrected chi connectivity index (χ0v) is 13.4. The lowest BCUT2D eigenvalue weighted by Gasteiger charge is -2.16. The highest BCUT2D eigenvalue weighted by atomic mass is 16.5. The number of hydrogen-bond acceptors (Lipinski definition) is 2. The molecule has 3 nitrogen and oxygen atoms in total. The zero-order chi connectivity index (χ0) is 16.1. The molecule has 0 fully saturated rings. The lowest BCUT2D eigenvalue weighted by Crippen LogP contribution is -2.19. The van der Waals surface area contributed by atoms with Crippen LogP contribution < -0.4 is 10.1 Å². The van der Waals surface area contributed by atoms with Crippen LogP contribution in [0, 0.1) is 13.8 Å². The second-order valence-corrected chi connectivity index (χ2v) is 5.10. The first-order valence-corrected chi connectivity index (χ1v) is 7.30. The number of nitrogens with one attached hydrogen (secondary N) is 1. The van der Waals surface area contributed by atoms with Crippen molar-refractivity contribution in [3.05, 3.63) is 65.2 Å². The van der Waals surface area contributed by atoms with E-state index < -0.39 is 0 Å². The smallest absolute Gasteiger partial charge is 0.251 e. The van der Waals surface area contributed by atoms with E-state index in [9.17, 15) is 4.79 Å². The van der Waals surface area contributed by atoms with Crippen LogP contribution in [0.2, 0.25) is 0 Å². The van der Waals surface area contributed by atoms with Gasteiger partial charge in [-0.25, -0.2) is 0 Å². The summed E-state index contributed by atoms with van der Waals surface area (Å²) in [4.78, 5) is 12.1. The summed E-state index contributed by atoms with van der Waals surface area (Å²) in [5.41, 5.74) is 3.45. The van der Waals surface area contributed by atoms with Crippen LogP contribution in [0.1, 0.15) is 23.6 Å². The molecule has 0 saturated carbocycles. The number of para-hydroxylation sites is 2. The van der Waals surface area contributed by atoms with Crippen LogP contribution >= 0.6 is 0 Å². The van der Waals surface area contributed by atoms with Gasteiger partial charge in [0.15, 0.2) is 0 Å². The molecule has 0 aliphatic carbocycles. The van der Waals surface area contributed by atoms with Crippen LogP contribution in [0.5, 0.6) is 11.5 Å². The monoisotopic (exact) mass is 295 g/mol. The summed E-state index contributed by atoms with van der Waals surface area (Å²) in [6.07, 6.45) is 1.80. The highest BCUT2D eigenvalue weighted by molar-refractivity contribution is 6.20. The van der Waals surface area contributed by atoms with E-state index in [2.05, 4.69) is 5.32 Å². The molecule has 1 N–H and O–H groups in total. The van der Waals surface area contributed by atoms with Crippen LogP contribution in [0.3, 0.4) is 0 Å². The number of carbonyl (C=O) groups is 1. The Labute approximate surface area is 131 Å². The molecule has 0 atom stereocenters. The number of allylic oxidation sites excluding steroid dienone is 1. The van der Waals surface area contributed by atoms with Gasteiger partial charge in [0.2, 0.25) is 0 Å². The van der Waals surface area contributed by atoms with Gasteiger partial charge in [0.1, 0.15) is 11.5 Å². The maximum atomic E-state index is 12.1. The van der Waals surface area contributed by atoms with Gasteiger partial charge in [-0.3, -0.25) is 4.79 Å². The summed E-state index contributed by atoms with van der Waals surface area (Å²) in [5, 5.41) is 2.67. The SMILES string of the molecule is CC=C(C(=O)NC)c1cccc(C)c1Oc1ccccc1C. The van der Waals surface area contributed by atoms with Crippen molar-refractivity contribution in [2.75, 3.05) is 7.05 Å². The van der Waals surface area contributed by atoms with Gasteiger partial charge in [0.25, 0.3) is 5.91 Å². The van der Waals surface area contributed by atoms with Crippen LogP contribution in [0.15, 0.2) is 48.5 Å². The molecule has 0 aliphatic heterocycles. The van der Waals surface area contributed by atoms with Crippen molar-refractivity contribution in [2.45, 2.75) is 20.8 Å². The molecule has 2 aromatic rings. The van der Waals surface area contributed by atoms with E-state index in [4.69, 9.17) is 4.74 Å². The number of aryl methyl sites for hydroxylation is 2. The van der Waals surface area contributed by atoms with Crippen LogP contribution in [-0.4, -0.2) is 13.0 Å². The Bertz CT molecular complexity index is 717. The lowest BCUT2D eigenvalue weighted by atomic mass is 10.0. The molecule has 114 valence electrons. The number of carbonyl (C=O) groups excluding carboxylic acids is 1. The minimum atomic E-state index is -0.122. The molecule has 0 spiro atoms. The van der Waals surface area contributed by atoms with Crippen LogP contribution in [-0.2, 0) is 4.79 Å². The molecule has 1 amide bonds. The molecule has 0 aliphatic rings. The Hall–Kier alpha value is -2.55. The Balaban J connectivity index is 2.52. The van der Waals surface area contributed by atoms with Gasteiger partial charge < -0.3 is 10.1 Å². The molecule has 0 saturated heterocycles. The predicted octanol–water partition coefficient (Wildman–Crippen LogP) is 4.25.